The van der Waals surface area contributed by atoms with Crippen molar-refractivity contribution < 1.29 is 31.1 Å². The van der Waals surface area contributed by atoms with Crippen LogP contribution in [0.15, 0.2) is 41.3 Å². The molecule has 0 unspecified atom stereocenters. The molecule has 3 aromatic rings. The fourth-order valence-electron chi connectivity index (χ4n) is 2.13. The molecule has 24 heavy (non-hydrogen) atoms. The fourth-order valence-corrected chi connectivity index (χ4v) is 2.50. The molecule has 0 radical (unpaired) electrons. The lowest BCUT2D eigenvalue weighted by molar-refractivity contribution is 0.376. The first-order valence-corrected chi connectivity index (χ1v) is 7.86. The van der Waals surface area contributed by atoms with E-state index in [0.717, 1.165) is 12.1 Å². The van der Waals surface area contributed by atoms with E-state index in [1.807, 2.05) is 0 Å². The van der Waals surface area contributed by atoms with Crippen LogP contribution in [0.4, 0.5) is 4.39 Å². The van der Waals surface area contributed by atoms with Crippen LogP contribution in [0.3, 0.4) is 0 Å². The summed E-state index contributed by atoms with van der Waals surface area (Å²) in [5.41, 5.74) is 1.42. The summed E-state index contributed by atoms with van der Waals surface area (Å²) in [6.07, 6.45) is 1.47. The van der Waals surface area contributed by atoms with Crippen LogP contribution in [0, 0.1) is 5.82 Å². The Balaban J connectivity index is 2.08. The number of hydrogen-bond donors (Lipinski definition) is 2. The molecule has 124 valence electrons. The number of phenolic OH excluding ortho intramolecular Hbond substituents is 1. The molecule has 0 aliphatic carbocycles. The number of halogens is 1. The molecular formula is C15H10FNO6S. The molecule has 0 fully saturated rings. The zero-order valence-electron chi connectivity index (χ0n) is 11.9. The fraction of sp³-hybridized carbons (Fsp3) is 0. The van der Waals surface area contributed by atoms with Crippen molar-refractivity contribution in [2.45, 2.75) is 0 Å². The highest BCUT2D eigenvalue weighted by Gasteiger charge is 2.16. The standard InChI is InChI=1S/C15H10FNO6S/c1-2-8-5-10(18)7-12-14(8)22-15(17-12)9-3-4-13(11(16)6-9)23-24(19,20)21/h2-7,18H,1H2,(H,19,20,21). The van der Waals surface area contributed by atoms with Gasteiger partial charge in [-0.25, -0.2) is 9.37 Å². The average Bonchev–Trinajstić information content (AvgIpc) is 2.90. The van der Waals surface area contributed by atoms with Crippen LogP contribution in [0.5, 0.6) is 11.5 Å². The van der Waals surface area contributed by atoms with E-state index in [9.17, 15) is 17.9 Å². The maximum atomic E-state index is 13.9. The van der Waals surface area contributed by atoms with Crippen LogP contribution in [-0.2, 0) is 10.4 Å². The third-order valence-electron chi connectivity index (χ3n) is 3.10. The van der Waals surface area contributed by atoms with Crippen LogP contribution < -0.4 is 4.18 Å². The summed E-state index contributed by atoms with van der Waals surface area (Å²) in [7, 11) is -4.83. The Morgan fingerprint density at radius 2 is 2.04 bits per heavy atom. The van der Waals surface area contributed by atoms with Crippen molar-refractivity contribution in [3.63, 3.8) is 0 Å². The number of hydrogen-bond acceptors (Lipinski definition) is 6. The van der Waals surface area contributed by atoms with E-state index < -0.39 is 22.0 Å². The molecular weight excluding hydrogens is 341 g/mol. The number of nitrogens with zero attached hydrogens (tertiary/aromatic N) is 1. The van der Waals surface area contributed by atoms with E-state index in [-0.39, 0.29) is 17.2 Å². The minimum Gasteiger partial charge on any atom is -0.508 e. The first-order valence-electron chi connectivity index (χ1n) is 6.49. The second-order valence-electron chi connectivity index (χ2n) is 4.76. The van der Waals surface area contributed by atoms with E-state index in [2.05, 4.69) is 15.7 Å². The van der Waals surface area contributed by atoms with Gasteiger partial charge in [0.2, 0.25) is 5.89 Å². The van der Waals surface area contributed by atoms with Gasteiger partial charge in [-0.1, -0.05) is 12.7 Å². The summed E-state index contributed by atoms with van der Waals surface area (Å²) < 4.78 is 53.4. The lowest BCUT2D eigenvalue weighted by atomic mass is 10.2. The van der Waals surface area contributed by atoms with Gasteiger partial charge >= 0.3 is 10.4 Å². The molecule has 2 aromatic carbocycles. The first kappa shape index (κ1) is 16.0. The van der Waals surface area contributed by atoms with E-state index in [1.165, 1.54) is 24.3 Å². The van der Waals surface area contributed by atoms with Crippen LogP contribution in [0.2, 0.25) is 0 Å². The molecule has 3 rings (SSSR count). The summed E-state index contributed by atoms with van der Waals surface area (Å²) in [6.45, 7) is 3.61. The summed E-state index contributed by atoms with van der Waals surface area (Å²) in [4.78, 5) is 4.15. The molecule has 0 bridgehead atoms. The van der Waals surface area contributed by atoms with E-state index in [4.69, 9.17) is 8.97 Å². The van der Waals surface area contributed by atoms with Gasteiger partial charge in [0, 0.05) is 17.2 Å². The van der Waals surface area contributed by atoms with Crippen molar-refractivity contribution in [2.75, 3.05) is 0 Å². The maximum absolute atomic E-state index is 13.9. The number of rotatable bonds is 4. The molecule has 0 saturated carbocycles. The monoisotopic (exact) mass is 351 g/mol. The van der Waals surface area contributed by atoms with Gasteiger partial charge in [-0.2, -0.15) is 8.42 Å². The van der Waals surface area contributed by atoms with Gasteiger partial charge in [-0.05, 0) is 24.3 Å². The number of benzene rings is 2. The van der Waals surface area contributed by atoms with Gasteiger partial charge in [0.1, 0.15) is 11.3 Å². The molecule has 0 atom stereocenters. The van der Waals surface area contributed by atoms with Crippen LogP contribution >= 0.6 is 0 Å². The molecule has 7 nitrogen and oxygen atoms in total. The van der Waals surface area contributed by atoms with Gasteiger partial charge in [-0.3, -0.25) is 4.55 Å². The SMILES string of the molecule is C=Cc1cc(O)cc2nc(-c3ccc(OS(=O)(=O)O)c(F)c3)oc12. The van der Waals surface area contributed by atoms with Gasteiger partial charge in [0.25, 0.3) is 0 Å². The van der Waals surface area contributed by atoms with Crippen LogP contribution in [0.25, 0.3) is 28.6 Å². The van der Waals surface area contributed by atoms with E-state index in [0.29, 0.717) is 16.7 Å². The highest BCUT2D eigenvalue weighted by molar-refractivity contribution is 7.81. The number of aromatic nitrogens is 1. The third-order valence-corrected chi connectivity index (χ3v) is 3.49. The van der Waals surface area contributed by atoms with Crippen LogP contribution in [0.1, 0.15) is 5.56 Å². The highest BCUT2D eigenvalue weighted by Crippen LogP contribution is 2.32. The van der Waals surface area contributed by atoms with Crippen molar-refractivity contribution >= 4 is 27.6 Å². The quantitative estimate of drug-likeness (QED) is 0.695. The molecule has 0 saturated heterocycles. The summed E-state index contributed by atoms with van der Waals surface area (Å²) in [6, 6.07) is 6.08. The summed E-state index contributed by atoms with van der Waals surface area (Å²) in [5.74, 6) is -1.67. The Morgan fingerprint density at radius 3 is 2.67 bits per heavy atom. The molecule has 9 heteroatoms. The largest absolute Gasteiger partial charge is 0.508 e. The molecule has 0 aliphatic heterocycles. The molecule has 2 N–H and O–H groups in total. The zero-order chi connectivity index (χ0) is 17.5. The number of phenols is 1. The van der Waals surface area contributed by atoms with Crippen LogP contribution in [-0.4, -0.2) is 23.1 Å². The Hall–Kier alpha value is -2.91. The van der Waals surface area contributed by atoms with Crippen molar-refractivity contribution in [3.8, 4) is 23.0 Å². The molecule has 1 heterocycles. The minimum atomic E-state index is -4.83. The Labute approximate surface area is 135 Å². The summed E-state index contributed by atoms with van der Waals surface area (Å²) >= 11 is 0. The lowest BCUT2D eigenvalue weighted by Gasteiger charge is -2.03. The van der Waals surface area contributed by atoms with Crippen molar-refractivity contribution in [1.82, 2.24) is 4.98 Å². The average molecular weight is 351 g/mol. The zero-order valence-corrected chi connectivity index (χ0v) is 12.7. The lowest BCUT2D eigenvalue weighted by Crippen LogP contribution is -2.07. The highest BCUT2D eigenvalue weighted by atomic mass is 32.3. The number of aromatic hydroxyl groups is 1. The molecule has 0 amide bonds. The Morgan fingerprint density at radius 1 is 1.29 bits per heavy atom. The third kappa shape index (κ3) is 3.07. The van der Waals surface area contributed by atoms with Gasteiger partial charge < -0.3 is 13.7 Å². The van der Waals surface area contributed by atoms with Crippen molar-refractivity contribution in [1.29, 1.82) is 0 Å². The second-order valence-corrected chi connectivity index (χ2v) is 5.78. The smallest absolute Gasteiger partial charge is 0.446 e. The summed E-state index contributed by atoms with van der Waals surface area (Å²) in [5, 5.41) is 9.62. The number of oxazole rings is 1. The predicted molar refractivity (Wildman–Crippen MR) is 83.3 cm³/mol. The van der Waals surface area contributed by atoms with E-state index >= 15 is 0 Å². The topological polar surface area (TPSA) is 110 Å². The van der Waals surface area contributed by atoms with Crippen molar-refractivity contribution in [3.05, 3.63) is 48.3 Å². The van der Waals surface area contributed by atoms with Crippen molar-refractivity contribution in [2.24, 2.45) is 0 Å². The van der Waals surface area contributed by atoms with Gasteiger partial charge in [0.15, 0.2) is 17.1 Å². The normalized spacial score (nSPS) is 11.6. The molecule has 0 spiro atoms. The predicted octanol–water partition coefficient (Wildman–Crippen LogP) is 3.16. The number of fused-ring (bicyclic) bond motifs is 1. The molecule has 1 aromatic heterocycles. The Kier molecular flexibility index (Phi) is 3.74. The molecule has 0 aliphatic rings. The first-order chi connectivity index (χ1) is 11.3. The Bertz CT molecular complexity index is 1060. The van der Waals surface area contributed by atoms with Gasteiger partial charge in [0.05, 0.1) is 0 Å². The van der Waals surface area contributed by atoms with Gasteiger partial charge in [-0.15, -0.1) is 0 Å². The second kappa shape index (κ2) is 5.62. The van der Waals surface area contributed by atoms with E-state index in [1.54, 1.807) is 0 Å². The maximum Gasteiger partial charge on any atom is 0.446 e. The minimum absolute atomic E-state index is 0.0275.